The molecule has 20 heavy (non-hydrogen) atoms. The van der Waals surface area contributed by atoms with Gasteiger partial charge in [0.1, 0.15) is 0 Å². The van der Waals surface area contributed by atoms with Crippen LogP contribution in [-0.2, 0) is 21.4 Å². The average Bonchev–Trinajstić information content (AvgIpc) is 3.24. The molecule has 1 aliphatic rings. The SMILES string of the molecule is COCCC1(CNS(=O)(=O)c2ccc(CO)cc2)CC1. The van der Waals surface area contributed by atoms with Gasteiger partial charge in [-0.05, 0) is 42.4 Å². The molecule has 0 bridgehead atoms. The Kier molecular flexibility index (Phi) is 4.80. The second-order valence-corrected chi connectivity index (χ2v) is 7.14. The highest BCUT2D eigenvalue weighted by Gasteiger charge is 2.42. The largest absolute Gasteiger partial charge is 0.392 e. The third-order valence-corrected chi connectivity index (χ3v) is 5.26. The standard InChI is InChI=1S/C14H21NO4S/c1-19-9-8-14(6-7-14)11-15-20(17,18)13-4-2-12(10-16)3-5-13/h2-5,15-16H,6-11H2,1H3. The summed E-state index contributed by atoms with van der Waals surface area (Å²) >= 11 is 0. The predicted octanol–water partition coefficient (Wildman–Crippen LogP) is 1.27. The smallest absolute Gasteiger partial charge is 0.240 e. The van der Waals surface area contributed by atoms with Crippen molar-refractivity contribution >= 4 is 10.0 Å². The topological polar surface area (TPSA) is 75.6 Å². The number of nitrogens with one attached hydrogen (secondary N) is 1. The Labute approximate surface area is 120 Å². The molecule has 5 nitrogen and oxygen atoms in total. The van der Waals surface area contributed by atoms with Gasteiger partial charge < -0.3 is 9.84 Å². The second kappa shape index (κ2) is 6.22. The summed E-state index contributed by atoms with van der Waals surface area (Å²) < 4.78 is 32.1. The van der Waals surface area contributed by atoms with Crippen LogP contribution < -0.4 is 4.72 Å². The van der Waals surface area contributed by atoms with Crippen molar-refractivity contribution in [2.24, 2.45) is 5.41 Å². The third kappa shape index (κ3) is 3.79. The van der Waals surface area contributed by atoms with Gasteiger partial charge in [-0.25, -0.2) is 13.1 Å². The van der Waals surface area contributed by atoms with Gasteiger partial charge in [0.15, 0.2) is 0 Å². The number of hydrogen-bond acceptors (Lipinski definition) is 4. The molecule has 0 aromatic heterocycles. The first-order valence-corrected chi connectivity index (χ1v) is 8.18. The van der Waals surface area contributed by atoms with E-state index in [1.54, 1.807) is 19.2 Å². The van der Waals surface area contributed by atoms with E-state index in [-0.39, 0.29) is 16.9 Å². The van der Waals surface area contributed by atoms with Gasteiger partial charge in [-0.3, -0.25) is 0 Å². The van der Waals surface area contributed by atoms with Crippen LogP contribution in [0.1, 0.15) is 24.8 Å². The third-order valence-electron chi connectivity index (χ3n) is 3.85. The van der Waals surface area contributed by atoms with Gasteiger partial charge in [-0.15, -0.1) is 0 Å². The molecule has 0 unspecified atom stereocenters. The zero-order valence-corrected chi connectivity index (χ0v) is 12.4. The summed E-state index contributed by atoms with van der Waals surface area (Å²) in [7, 11) is -1.82. The number of aliphatic hydroxyl groups excluding tert-OH is 1. The van der Waals surface area contributed by atoms with Crippen molar-refractivity contribution in [1.29, 1.82) is 0 Å². The van der Waals surface area contributed by atoms with Crippen molar-refractivity contribution < 1.29 is 18.3 Å². The molecule has 0 heterocycles. The lowest BCUT2D eigenvalue weighted by Crippen LogP contribution is -2.30. The summed E-state index contributed by atoms with van der Waals surface area (Å²) in [5, 5.41) is 8.96. The molecule has 0 amide bonds. The number of methoxy groups -OCH3 is 1. The van der Waals surface area contributed by atoms with Crippen LogP contribution in [0, 0.1) is 5.41 Å². The van der Waals surface area contributed by atoms with E-state index in [9.17, 15) is 8.42 Å². The van der Waals surface area contributed by atoms with E-state index in [2.05, 4.69) is 4.72 Å². The van der Waals surface area contributed by atoms with Crippen molar-refractivity contribution in [2.45, 2.75) is 30.8 Å². The molecule has 2 N–H and O–H groups in total. The Morgan fingerprint density at radius 2 is 1.95 bits per heavy atom. The molecule has 0 atom stereocenters. The lowest BCUT2D eigenvalue weighted by Gasteiger charge is -2.15. The number of rotatable bonds is 8. The first kappa shape index (κ1) is 15.4. The van der Waals surface area contributed by atoms with Gasteiger partial charge in [0.05, 0.1) is 11.5 Å². The number of hydrogen-bond donors (Lipinski definition) is 2. The van der Waals surface area contributed by atoms with E-state index < -0.39 is 10.0 Å². The van der Waals surface area contributed by atoms with Crippen LogP contribution in [0.4, 0.5) is 0 Å². The van der Waals surface area contributed by atoms with E-state index in [1.807, 2.05) is 0 Å². The van der Waals surface area contributed by atoms with Crippen molar-refractivity contribution in [3.05, 3.63) is 29.8 Å². The summed E-state index contributed by atoms with van der Waals surface area (Å²) in [6.45, 7) is 1.03. The Bertz CT molecular complexity index is 535. The molecule has 1 saturated carbocycles. The molecule has 0 aliphatic heterocycles. The van der Waals surface area contributed by atoms with Crippen LogP contribution in [0.15, 0.2) is 29.2 Å². The second-order valence-electron chi connectivity index (χ2n) is 5.37. The molecule has 2 rings (SSSR count). The maximum Gasteiger partial charge on any atom is 0.240 e. The van der Waals surface area contributed by atoms with Crippen LogP contribution in [0.5, 0.6) is 0 Å². The lowest BCUT2D eigenvalue weighted by molar-refractivity contribution is 0.173. The summed E-state index contributed by atoms with van der Waals surface area (Å²) in [6, 6.07) is 6.27. The minimum atomic E-state index is -3.48. The van der Waals surface area contributed by atoms with Crippen LogP contribution in [0.3, 0.4) is 0 Å². The van der Waals surface area contributed by atoms with Gasteiger partial charge in [0.25, 0.3) is 0 Å². The number of sulfonamides is 1. The fraction of sp³-hybridized carbons (Fsp3) is 0.571. The Hall–Kier alpha value is -0.950. The van der Waals surface area contributed by atoms with Gasteiger partial charge in [-0.1, -0.05) is 12.1 Å². The van der Waals surface area contributed by atoms with Crippen molar-refractivity contribution in [1.82, 2.24) is 4.72 Å². The van der Waals surface area contributed by atoms with Crippen LogP contribution >= 0.6 is 0 Å². The zero-order chi connectivity index (χ0) is 14.6. The van der Waals surface area contributed by atoms with E-state index in [0.717, 1.165) is 19.3 Å². The molecule has 1 aliphatic carbocycles. The van der Waals surface area contributed by atoms with Gasteiger partial charge in [-0.2, -0.15) is 0 Å². The predicted molar refractivity (Wildman–Crippen MR) is 75.7 cm³/mol. The Morgan fingerprint density at radius 1 is 1.30 bits per heavy atom. The number of aliphatic hydroxyl groups is 1. The van der Waals surface area contributed by atoms with Crippen molar-refractivity contribution in [3.63, 3.8) is 0 Å². The fourth-order valence-electron chi connectivity index (χ4n) is 2.12. The molecule has 6 heteroatoms. The average molecular weight is 299 g/mol. The molecular formula is C14H21NO4S. The Morgan fingerprint density at radius 3 is 2.45 bits per heavy atom. The fourth-order valence-corrected chi connectivity index (χ4v) is 3.27. The summed E-state index contributed by atoms with van der Waals surface area (Å²) in [5.74, 6) is 0. The lowest BCUT2D eigenvalue weighted by atomic mass is 10.0. The highest BCUT2D eigenvalue weighted by atomic mass is 32.2. The first-order chi connectivity index (χ1) is 9.51. The maximum atomic E-state index is 12.2. The molecular weight excluding hydrogens is 278 g/mol. The van der Waals surface area contributed by atoms with E-state index >= 15 is 0 Å². The molecule has 1 aromatic rings. The summed E-state index contributed by atoms with van der Waals surface area (Å²) in [4.78, 5) is 0.234. The monoisotopic (exact) mass is 299 g/mol. The molecule has 112 valence electrons. The van der Waals surface area contributed by atoms with E-state index in [4.69, 9.17) is 9.84 Å². The molecule has 1 fully saturated rings. The van der Waals surface area contributed by atoms with E-state index in [1.165, 1.54) is 12.1 Å². The summed E-state index contributed by atoms with van der Waals surface area (Å²) in [5.41, 5.74) is 0.774. The highest BCUT2D eigenvalue weighted by Crippen LogP contribution is 2.48. The summed E-state index contributed by atoms with van der Waals surface area (Å²) in [6.07, 6.45) is 2.97. The maximum absolute atomic E-state index is 12.2. The van der Waals surface area contributed by atoms with Crippen molar-refractivity contribution in [2.75, 3.05) is 20.3 Å². The normalized spacial score (nSPS) is 17.1. The quantitative estimate of drug-likeness (QED) is 0.758. The first-order valence-electron chi connectivity index (χ1n) is 6.70. The van der Waals surface area contributed by atoms with Gasteiger partial charge >= 0.3 is 0 Å². The van der Waals surface area contributed by atoms with Crippen molar-refractivity contribution in [3.8, 4) is 0 Å². The number of benzene rings is 1. The van der Waals surface area contributed by atoms with Crippen LogP contribution in [-0.4, -0.2) is 33.8 Å². The minimum Gasteiger partial charge on any atom is -0.392 e. The van der Waals surface area contributed by atoms with Gasteiger partial charge in [0.2, 0.25) is 10.0 Å². The highest BCUT2D eigenvalue weighted by molar-refractivity contribution is 7.89. The molecule has 1 aromatic carbocycles. The van der Waals surface area contributed by atoms with Crippen LogP contribution in [0.2, 0.25) is 0 Å². The Balaban J connectivity index is 1.97. The minimum absolute atomic E-state index is 0.0775. The molecule has 0 radical (unpaired) electrons. The van der Waals surface area contributed by atoms with Gasteiger partial charge in [0, 0.05) is 20.3 Å². The van der Waals surface area contributed by atoms with E-state index in [0.29, 0.717) is 18.7 Å². The zero-order valence-electron chi connectivity index (χ0n) is 11.6. The molecule has 0 saturated heterocycles. The molecule has 0 spiro atoms. The van der Waals surface area contributed by atoms with Crippen LogP contribution in [0.25, 0.3) is 0 Å². The number of ether oxygens (including phenoxy) is 1.